The fraction of sp³-hybridized carbons (Fsp3) is 0.588. The van der Waals surface area contributed by atoms with Crippen molar-refractivity contribution >= 4 is 17.3 Å². The summed E-state index contributed by atoms with van der Waals surface area (Å²) in [6, 6.07) is 6.19. The molecule has 0 spiro atoms. The minimum absolute atomic E-state index is 0.0670. The van der Waals surface area contributed by atoms with Crippen molar-refractivity contribution in [3.63, 3.8) is 0 Å². The zero-order chi connectivity index (χ0) is 15.0. The van der Waals surface area contributed by atoms with Crippen LogP contribution in [0.1, 0.15) is 45.2 Å². The van der Waals surface area contributed by atoms with Crippen LogP contribution in [0.15, 0.2) is 18.2 Å². The summed E-state index contributed by atoms with van der Waals surface area (Å²) in [7, 11) is 0. The van der Waals surface area contributed by atoms with Gasteiger partial charge >= 0.3 is 0 Å². The van der Waals surface area contributed by atoms with Crippen molar-refractivity contribution < 1.29 is 4.79 Å². The van der Waals surface area contributed by atoms with Gasteiger partial charge in [-0.25, -0.2) is 0 Å². The minimum atomic E-state index is -0.191. The van der Waals surface area contributed by atoms with Crippen LogP contribution in [-0.4, -0.2) is 25.5 Å². The van der Waals surface area contributed by atoms with Gasteiger partial charge in [0.25, 0.3) is 0 Å². The number of rotatable bonds is 4. The van der Waals surface area contributed by atoms with Crippen LogP contribution in [0.5, 0.6) is 0 Å². The summed E-state index contributed by atoms with van der Waals surface area (Å²) in [5, 5.41) is 6.33. The van der Waals surface area contributed by atoms with E-state index >= 15 is 0 Å². The molecule has 2 N–H and O–H groups in total. The van der Waals surface area contributed by atoms with Gasteiger partial charge < -0.3 is 15.5 Å². The van der Waals surface area contributed by atoms with Crippen LogP contribution in [0.3, 0.4) is 0 Å². The van der Waals surface area contributed by atoms with Crippen LogP contribution < -0.4 is 15.5 Å². The van der Waals surface area contributed by atoms with Crippen molar-refractivity contribution in [1.29, 1.82) is 0 Å². The third-order valence-electron chi connectivity index (χ3n) is 4.51. The van der Waals surface area contributed by atoms with Crippen LogP contribution >= 0.6 is 0 Å². The second-order valence-corrected chi connectivity index (χ2v) is 6.98. The lowest BCUT2D eigenvalue weighted by Crippen LogP contribution is -2.27. The normalized spacial score (nSPS) is 23.3. The number of hydrogen-bond acceptors (Lipinski definition) is 3. The Bertz CT molecular complexity index is 553. The Morgan fingerprint density at radius 3 is 2.90 bits per heavy atom. The van der Waals surface area contributed by atoms with E-state index in [2.05, 4.69) is 54.5 Å². The molecule has 0 aromatic heterocycles. The highest BCUT2D eigenvalue weighted by molar-refractivity contribution is 6.03. The van der Waals surface area contributed by atoms with E-state index in [4.69, 9.17) is 0 Å². The van der Waals surface area contributed by atoms with E-state index in [1.807, 2.05) is 0 Å². The molecule has 1 saturated heterocycles. The highest BCUT2D eigenvalue weighted by Gasteiger charge is 2.32. The first-order chi connectivity index (χ1) is 10.00. The number of anilines is 2. The minimum Gasteiger partial charge on any atom is -0.371 e. The van der Waals surface area contributed by atoms with Gasteiger partial charge in [-0.15, -0.1) is 0 Å². The number of amides is 1. The summed E-state index contributed by atoms with van der Waals surface area (Å²) in [5.41, 5.74) is 3.65. The number of benzene rings is 1. The molecule has 2 aliphatic rings. The highest BCUT2D eigenvalue weighted by Crippen LogP contribution is 2.37. The lowest BCUT2D eigenvalue weighted by atomic mass is 9.93. The smallest absolute Gasteiger partial charge is 0.246 e. The lowest BCUT2D eigenvalue weighted by molar-refractivity contribution is -0.117. The maximum Gasteiger partial charge on any atom is 0.246 e. The Hall–Kier alpha value is -1.55. The maximum absolute atomic E-state index is 12.1. The first kappa shape index (κ1) is 14.4. The number of fused-ring (bicyclic) bond motifs is 1. The standard InChI is InChI=1S/C17H25N3O/c1-4-8-18-15-13-6-5-12(10-14(13)19-16(15)21)20-9-7-17(2,3)11-20/h5-6,10,15,18H,4,7-9,11H2,1-3H3,(H,19,21). The van der Waals surface area contributed by atoms with Crippen molar-refractivity contribution in [2.24, 2.45) is 5.41 Å². The molecule has 0 radical (unpaired) electrons. The molecular weight excluding hydrogens is 262 g/mol. The van der Waals surface area contributed by atoms with Gasteiger partial charge in [0.2, 0.25) is 5.91 Å². The van der Waals surface area contributed by atoms with Crippen LogP contribution in [0.2, 0.25) is 0 Å². The monoisotopic (exact) mass is 287 g/mol. The molecule has 0 saturated carbocycles. The topological polar surface area (TPSA) is 44.4 Å². The summed E-state index contributed by atoms with van der Waals surface area (Å²) < 4.78 is 0. The van der Waals surface area contributed by atoms with E-state index in [0.717, 1.165) is 37.3 Å². The van der Waals surface area contributed by atoms with Crippen LogP contribution in [0.25, 0.3) is 0 Å². The van der Waals surface area contributed by atoms with Crippen molar-refractivity contribution in [1.82, 2.24) is 5.32 Å². The van der Waals surface area contributed by atoms with Crippen molar-refractivity contribution in [2.45, 2.75) is 39.7 Å². The molecule has 1 atom stereocenters. The second-order valence-electron chi connectivity index (χ2n) is 6.98. The lowest BCUT2D eigenvalue weighted by Gasteiger charge is -2.22. The summed E-state index contributed by atoms with van der Waals surface area (Å²) in [6.07, 6.45) is 2.25. The molecular formula is C17H25N3O. The predicted octanol–water partition coefficient (Wildman–Crippen LogP) is 2.92. The zero-order valence-corrected chi connectivity index (χ0v) is 13.2. The van der Waals surface area contributed by atoms with Gasteiger partial charge in [-0.1, -0.05) is 26.8 Å². The van der Waals surface area contributed by atoms with Gasteiger partial charge in [0.05, 0.1) is 0 Å². The zero-order valence-electron chi connectivity index (χ0n) is 13.2. The molecule has 1 aromatic rings. The number of nitrogens with zero attached hydrogens (tertiary/aromatic N) is 1. The Morgan fingerprint density at radius 1 is 1.43 bits per heavy atom. The molecule has 4 nitrogen and oxygen atoms in total. The quantitative estimate of drug-likeness (QED) is 0.895. The molecule has 2 heterocycles. The maximum atomic E-state index is 12.1. The number of carbonyl (C=O) groups is 1. The van der Waals surface area contributed by atoms with Crippen molar-refractivity contribution in [2.75, 3.05) is 29.9 Å². The Kier molecular flexibility index (Phi) is 3.66. The average Bonchev–Trinajstić information content (AvgIpc) is 2.95. The average molecular weight is 287 g/mol. The van der Waals surface area contributed by atoms with E-state index in [-0.39, 0.29) is 11.9 Å². The Labute approximate surface area is 126 Å². The molecule has 114 valence electrons. The van der Waals surface area contributed by atoms with Gasteiger partial charge in [0, 0.05) is 30.0 Å². The Morgan fingerprint density at radius 2 is 2.24 bits per heavy atom. The third kappa shape index (κ3) is 2.77. The molecule has 0 aliphatic carbocycles. The fourth-order valence-corrected chi connectivity index (χ4v) is 3.27. The number of nitrogens with one attached hydrogen (secondary N) is 2. The molecule has 3 rings (SSSR count). The molecule has 1 aromatic carbocycles. The Balaban J connectivity index is 1.80. The van der Waals surface area contributed by atoms with Gasteiger partial charge in [0.15, 0.2) is 0 Å². The first-order valence-corrected chi connectivity index (χ1v) is 7.93. The SMILES string of the molecule is CCCNC1C(=O)Nc2cc(N3CCC(C)(C)C3)ccc21. The van der Waals surface area contributed by atoms with E-state index < -0.39 is 0 Å². The highest BCUT2D eigenvalue weighted by atomic mass is 16.2. The fourth-order valence-electron chi connectivity index (χ4n) is 3.27. The van der Waals surface area contributed by atoms with Crippen LogP contribution in [0, 0.1) is 5.41 Å². The van der Waals surface area contributed by atoms with Gasteiger partial charge in [0.1, 0.15) is 6.04 Å². The summed E-state index contributed by atoms with van der Waals surface area (Å²) in [6.45, 7) is 9.77. The van der Waals surface area contributed by atoms with E-state index in [0.29, 0.717) is 5.41 Å². The summed E-state index contributed by atoms with van der Waals surface area (Å²) in [4.78, 5) is 14.5. The van der Waals surface area contributed by atoms with E-state index in [9.17, 15) is 4.79 Å². The van der Waals surface area contributed by atoms with Crippen LogP contribution in [0.4, 0.5) is 11.4 Å². The molecule has 1 fully saturated rings. The number of hydrogen-bond donors (Lipinski definition) is 2. The van der Waals surface area contributed by atoms with Gasteiger partial charge in [-0.3, -0.25) is 4.79 Å². The van der Waals surface area contributed by atoms with Crippen molar-refractivity contribution in [3.05, 3.63) is 23.8 Å². The van der Waals surface area contributed by atoms with Gasteiger partial charge in [-0.2, -0.15) is 0 Å². The van der Waals surface area contributed by atoms with Gasteiger partial charge in [-0.05, 0) is 36.9 Å². The molecule has 1 unspecified atom stereocenters. The molecule has 2 aliphatic heterocycles. The van der Waals surface area contributed by atoms with Crippen molar-refractivity contribution in [3.8, 4) is 0 Å². The third-order valence-corrected chi connectivity index (χ3v) is 4.51. The molecule has 21 heavy (non-hydrogen) atoms. The van der Waals surface area contributed by atoms with E-state index in [1.54, 1.807) is 0 Å². The van der Waals surface area contributed by atoms with E-state index in [1.165, 1.54) is 12.1 Å². The predicted molar refractivity (Wildman–Crippen MR) is 86.7 cm³/mol. The van der Waals surface area contributed by atoms with Crippen LogP contribution in [-0.2, 0) is 4.79 Å². The largest absolute Gasteiger partial charge is 0.371 e. The molecule has 4 heteroatoms. The molecule has 1 amide bonds. The molecule has 0 bridgehead atoms. The number of carbonyl (C=O) groups excluding carboxylic acids is 1. The second kappa shape index (κ2) is 5.34. The first-order valence-electron chi connectivity index (χ1n) is 7.93. The summed E-state index contributed by atoms with van der Waals surface area (Å²) in [5.74, 6) is 0.0670. The summed E-state index contributed by atoms with van der Waals surface area (Å²) >= 11 is 0.